The number of hydrogen-bond acceptors (Lipinski definition) is 6. The van der Waals surface area contributed by atoms with Gasteiger partial charge in [-0.15, -0.1) is 11.8 Å². The second-order valence-electron chi connectivity index (χ2n) is 8.68. The summed E-state index contributed by atoms with van der Waals surface area (Å²) >= 11 is 1.51. The molecule has 3 aromatic rings. The fraction of sp³-hybridized carbons (Fsp3) is 0.259. The van der Waals surface area contributed by atoms with Crippen LogP contribution in [0.15, 0.2) is 91.0 Å². The Labute approximate surface area is 203 Å². The summed E-state index contributed by atoms with van der Waals surface area (Å²) in [7, 11) is 0. The van der Waals surface area contributed by atoms with E-state index in [4.69, 9.17) is 15.2 Å². The Morgan fingerprint density at radius 2 is 1.53 bits per heavy atom. The average molecular weight is 475 g/mol. The number of nitrogens with zero attached hydrogens (tertiary/aromatic N) is 1. The molecular formula is C27H26N2O4S. The number of amides is 1. The van der Waals surface area contributed by atoms with Crippen molar-refractivity contribution in [2.24, 2.45) is 11.1 Å². The number of nitrogens with two attached hydrogens (primary N) is 1. The van der Waals surface area contributed by atoms with E-state index < -0.39 is 17.6 Å². The van der Waals surface area contributed by atoms with Gasteiger partial charge in [0.15, 0.2) is 6.10 Å². The lowest BCUT2D eigenvalue weighted by Crippen LogP contribution is -2.72. The SMILES string of the molecule is NC1C(=O)N2CC(COc3ccccc3)(C(=O)OC(c3ccccc3)c3ccccc3)CS[C@H]12. The molecule has 2 saturated heterocycles. The highest BCUT2D eigenvalue weighted by atomic mass is 32.2. The minimum absolute atomic E-state index is 0.102. The van der Waals surface area contributed by atoms with Crippen LogP contribution in [-0.4, -0.2) is 47.1 Å². The van der Waals surface area contributed by atoms with Gasteiger partial charge in [0, 0.05) is 12.3 Å². The number of para-hydroxylation sites is 1. The van der Waals surface area contributed by atoms with E-state index in [1.165, 1.54) is 11.8 Å². The number of benzene rings is 3. The highest BCUT2D eigenvalue weighted by Crippen LogP contribution is 2.43. The summed E-state index contributed by atoms with van der Waals surface area (Å²) in [6.45, 7) is 0.323. The largest absolute Gasteiger partial charge is 0.492 e. The molecule has 0 aliphatic carbocycles. The van der Waals surface area contributed by atoms with Crippen molar-refractivity contribution >= 4 is 23.6 Å². The van der Waals surface area contributed by atoms with Gasteiger partial charge in [0.05, 0.1) is 0 Å². The molecule has 0 bridgehead atoms. The summed E-state index contributed by atoms with van der Waals surface area (Å²) in [5, 5.41) is -0.107. The third-order valence-corrected chi connectivity index (χ3v) is 7.92. The molecule has 2 aliphatic rings. The van der Waals surface area contributed by atoms with E-state index >= 15 is 0 Å². The minimum atomic E-state index is -1.02. The number of fused-ring (bicyclic) bond motifs is 1. The van der Waals surface area contributed by atoms with Crippen molar-refractivity contribution in [3.63, 3.8) is 0 Å². The predicted octanol–water partition coefficient (Wildman–Crippen LogP) is 3.63. The molecule has 1 amide bonds. The number of esters is 1. The predicted molar refractivity (Wildman–Crippen MR) is 131 cm³/mol. The van der Waals surface area contributed by atoms with Crippen LogP contribution in [0.2, 0.25) is 0 Å². The van der Waals surface area contributed by atoms with Crippen molar-refractivity contribution in [1.82, 2.24) is 4.90 Å². The molecule has 0 spiro atoms. The Hall–Kier alpha value is -3.29. The van der Waals surface area contributed by atoms with Crippen LogP contribution in [-0.2, 0) is 14.3 Å². The van der Waals surface area contributed by atoms with Crippen LogP contribution < -0.4 is 10.5 Å². The van der Waals surface area contributed by atoms with Crippen molar-refractivity contribution in [2.75, 3.05) is 18.9 Å². The molecule has 2 heterocycles. The molecule has 6 nitrogen and oxygen atoms in total. The van der Waals surface area contributed by atoms with Gasteiger partial charge in [-0.25, -0.2) is 0 Å². The molecule has 174 valence electrons. The van der Waals surface area contributed by atoms with E-state index in [-0.39, 0.29) is 30.4 Å². The lowest BCUT2D eigenvalue weighted by molar-refractivity contribution is -0.166. The zero-order valence-corrected chi connectivity index (χ0v) is 19.4. The zero-order chi connectivity index (χ0) is 23.5. The molecule has 3 atom stereocenters. The third-order valence-electron chi connectivity index (χ3n) is 6.31. The van der Waals surface area contributed by atoms with Crippen LogP contribution in [0.5, 0.6) is 5.75 Å². The summed E-state index contributed by atoms with van der Waals surface area (Å²) < 4.78 is 12.3. The van der Waals surface area contributed by atoms with Crippen LogP contribution in [0.3, 0.4) is 0 Å². The van der Waals surface area contributed by atoms with E-state index in [0.29, 0.717) is 11.5 Å². The lowest BCUT2D eigenvalue weighted by Gasteiger charge is -2.53. The molecule has 0 aromatic heterocycles. The van der Waals surface area contributed by atoms with Crippen LogP contribution in [0.4, 0.5) is 0 Å². The summed E-state index contributed by atoms with van der Waals surface area (Å²) in [4.78, 5) is 28.0. The maximum atomic E-state index is 13.9. The first-order valence-corrected chi connectivity index (χ1v) is 12.3. The highest BCUT2D eigenvalue weighted by Gasteiger charge is 2.57. The van der Waals surface area contributed by atoms with Crippen molar-refractivity contribution < 1.29 is 19.1 Å². The van der Waals surface area contributed by atoms with Crippen LogP contribution >= 0.6 is 11.8 Å². The van der Waals surface area contributed by atoms with Gasteiger partial charge in [-0.2, -0.15) is 0 Å². The summed E-state index contributed by atoms with van der Waals surface area (Å²) in [6.07, 6.45) is -0.569. The van der Waals surface area contributed by atoms with Gasteiger partial charge in [-0.3, -0.25) is 9.59 Å². The van der Waals surface area contributed by atoms with Crippen molar-refractivity contribution in [1.29, 1.82) is 0 Å². The van der Waals surface area contributed by atoms with Gasteiger partial charge in [-0.1, -0.05) is 78.9 Å². The molecule has 3 aromatic carbocycles. The Kier molecular flexibility index (Phi) is 6.30. The zero-order valence-electron chi connectivity index (χ0n) is 18.6. The summed E-state index contributed by atoms with van der Waals surface area (Å²) in [5.41, 5.74) is 6.72. The quantitative estimate of drug-likeness (QED) is 0.416. The average Bonchev–Trinajstić information content (AvgIpc) is 2.91. The first-order valence-electron chi connectivity index (χ1n) is 11.2. The summed E-state index contributed by atoms with van der Waals surface area (Å²) in [5.74, 6) is 0.588. The Bertz CT molecular complexity index is 1110. The Morgan fingerprint density at radius 3 is 2.12 bits per heavy atom. The molecule has 0 saturated carbocycles. The standard InChI is InChI=1S/C27H26N2O4S/c28-22-24(30)29-16-27(18-34-25(22)29,17-32-21-14-8-3-9-15-21)26(31)33-23(19-10-4-1-5-11-19)20-12-6-2-7-13-20/h1-15,22-23,25H,16-18,28H2/t22?,25-,27?/m1/s1. The van der Waals surface area contributed by atoms with E-state index in [1.807, 2.05) is 91.0 Å². The molecule has 0 radical (unpaired) electrons. The second-order valence-corrected chi connectivity index (χ2v) is 9.79. The number of thioether (sulfide) groups is 1. The molecule has 2 aliphatic heterocycles. The van der Waals surface area contributed by atoms with Crippen molar-refractivity contribution in [2.45, 2.75) is 17.5 Å². The van der Waals surface area contributed by atoms with E-state index in [9.17, 15) is 9.59 Å². The fourth-order valence-corrected chi connectivity index (χ4v) is 5.82. The Balaban J connectivity index is 1.44. The van der Waals surface area contributed by atoms with E-state index in [2.05, 4.69) is 0 Å². The first-order chi connectivity index (χ1) is 16.6. The maximum Gasteiger partial charge on any atom is 0.319 e. The third kappa shape index (κ3) is 4.29. The van der Waals surface area contributed by atoms with Crippen LogP contribution in [0.1, 0.15) is 17.2 Å². The van der Waals surface area contributed by atoms with Crippen molar-refractivity contribution in [3.8, 4) is 5.75 Å². The Morgan fingerprint density at radius 1 is 0.971 bits per heavy atom. The van der Waals surface area contributed by atoms with Gasteiger partial charge < -0.3 is 20.1 Å². The molecule has 5 rings (SSSR count). The second kappa shape index (κ2) is 9.52. The van der Waals surface area contributed by atoms with Crippen molar-refractivity contribution in [3.05, 3.63) is 102 Å². The number of ether oxygens (including phenoxy) is 2. The smallest absolute Gasteiger partial charge is 0.319 e. The maximum absolute atomic E-state index is 13.9. The van der Waals surface area contributed by atoms with Crippen LogP contribution in [0.25, 0.3) is 0 Å². The number of carbonyl (C=O) groups is 2. The number of rotatable bonds is 7. The molecular weight excluding hydrogens is 448 g/mol. The normalized spacial score (nSPS) is 23.7. The topological polar surface area (TPSA) is 81.9 Å². The van der Waals surface area contributed by atoms with Gasteiger partial charge in [-0.05, 0) is 23.3 Å². The number of β-lactam (4-membered cyclic amide) rings is 1. The van der Waals surface area contributed by atoms with E-state index in [1.54, 1.807) is 4.90 Å². The van der Waals surface area contributed by atoms with Gasteiger partial charge in [0.25, 0.3) is 0 Å². The minimum Gasteiger partial charge on any atom is -0.492 e. The van der Waals surface area contributed by atoms with Crippen LogP contribution in [0, 0.1) is 5.41 Å². The molecule has 7 heteroatoms. The first kappa shape index (κ1) is 22.5. The highest BCUT2D eigenvalue weighted by molar-refractivity contribution is 8.00. The van der Waals surface area contributed by atoms with Gasteiger partial charge >= 0.3 is 5.97 Å². The molecule has 34 heavy (non-hydrogen) atoms. The van der Waals surface area contributed by atoms with Gasteiger partial charge in [0.1, 0.15) is 29.2 Å². The summed E-state index contributed by atoms with van der Waals surface area (Å²) in [6, 6.07) is 28.2. The fourth-order valence-electron chi connectivity index (χ4n) is 4.35. The molecule has 2 fully saturated rings. The number of carbonyl (C=O) groups excluding carboxylic acids is 2. The monoisotopic (exact) mass is 474 g/mol. The number of hydrogen-bond donors (Lipinski definition) is 1. The van der Waals surface area contributed by atoms with E-state index in [0.717, 1.165) is 11.1 Å². The molecule has 2 N–H and O–H groups in total. The lowest BCUT2D eigenvalue weighted by atomic mass is 9.87. The van der Waals surface area contributed by atoms with Gasteiger partial charge in [0.2, 0.25) is 5.91 Å². The molecule has 2 unspecified atom stereocenters.